The molecule has 1 unspecified atom stereocenters. The van der Waals surface area contributed by atoms with Crippen LogP contribution < -0.4 is 19.9 Å². The van der Waals surface area contributed by atoms with Crippen LogP contribution in [0.2, 0.25) is 0 Å². The molecule has 2 aromatic carbocycles. The van der Waals surface area contributed by atoms with E-state index in [1.54, 1.807) is 31.2 Å². The van der Waals surface area contributed by atoms with Gasteiger partial charge in [0.15, 0.2) is 5.78 Å². The smallest absolute Gasteiger partial charge is 0.308 e. The molecule has 6 nitrogen and oxygen atoms in total. The summed E-state index contributed by atoms with van der Waals surface area (Å²) in [7, 11) is 0. The Labute approximate surface area is 164 Å². The maximum Gasteiger partial charge on any atom is 0.308 e. The highest BCUT2D eigenvalue weighted by Gasteiger charge is 2.40. The van der Waals surface area contributed by atoms with Crippen molar-refractivity contribution in [3.63, 3.8) is 0 Å². The Morgan fingerprint density at radius 2 is 1.79 bits per heavy atom. The van der Waals surface area contributed by atoms with Crippen molar-refractivity contribution in [3.05, 3.63) is 46.5 Å². The van der Waals surface area contributed by atoms with Gasteiger partial charge in [0, 0.05) is 18.2 Å². The predicted molar refractivity (Wildman–Crippen MR) is 106 cm³/mol. The third kappa shape index (κ3) is 3.67. The second-order valence-electron chi connectivity index (χ2n) is 7.51. The fraction of sp³-hybridized carbons (Fsp3) is 0.364. The number of hydrogen-bond donors (Lipinski definition) is 1. The lowest BCUT2D eigenvalue weighted by atomic mass is 9.86. The molecule has 0 saturated carbocycles. The number of hydrogen-bond acceptors (Lipinski definition) is 6. The average molecular weight is 383 g/mol. The van der Waals surface area contributed by atoms with E-state index in [0.717, 1.165) is 11.1 Å². The molecule has 1 aliphatic heterocycles. The Hall–Kier alpha value is -3.02. The van der Waals surface area contributed by atoms with Crippen molar-refractivity contribution in [2.75, 3.05) is 12.3 Å². The van der Waals surface area contributed by atoms with Gasteiger partial charge >= 0.3 is 5.97 Å². The zero-order chi connectivity index (χ0) is 20.6. The highest BCUT2D eigenvalue weighted by atomic mass is 16.5. The monoisotopic (exact) mass is 383 g/mol. The largest absolute Gasteiger partial charge is 0.489 e. The molecule has 0 bridgehead atoms. The molecule has 1 atom stereocenters. The van der Waals surface area contributed by atoms with Crippen LogP contribution in [0.15, 0.2) is 24.3 Å². The molecule has 0 aliphatic carbocycles. The fourth-order valence-corrected chi connectivity index (χ4v) is 3.44. The molecule has 28 heavy (non-hydrogen) atoms. The van der Waals surface area contributed by atoms with E-state index in [4.69, 9.17) is 19.9 Å². The Kier molecular flexibility index (Phi) is 5.06. The van der Waals surface area contributed by atoms with Gasteiger partial charge in [-0.05, 0) is 63.1 Å². The van der Waals surface area contributed by atoms with Gasteiger partial charge in [-0.15, -0.1) is 0 Å². The van der Waals surface area contributed by atoms with E-state index in [-0.39, 0.29) is 18.8 Å². The van der Waals surface area contributed by atoms with Gasteiger partial charge < -0.3 is 19.9 Å². The van der Waals surface area contributed by atoms with Gasteiger partial charge in [-0.2, -0.15) is 0 Å². The number of ketones is 1. The summed E-state index contributed by atoms with van der Waals surface area (Å²) in [6.07, 6.45) is 0.165. The molecule has 0 fully saturated rings. The van der Waals surface area contributed by atoms with E-state index in [1.165, 1.54) is 6.92 Å². The quantitative estimate of drug-likeness (QED) is 0.489. The predicted octanol–water partition coefficient (Wildman–Crippen LogP) is 3.92. The number of fused-ring (bicyclic) bond motifs is 1. The van der Waals surface area contributed by atoms with Crippen LogP contribution in [0.4, 0.5) is 5.69 Å². The van der Waals surface area contributed by atoms with Gasteiger partial charge in [-0.1, -0.05) is 0 Å². The number of carbonyl (C=O) groups is 2. The number of esters is 1. The minimum absolute atomic E-state index is 0.0568. The van der Waals surface area contributed by atoms with Crippen molar-refractivity contribution < 1.29 is 23.8 Å². The van der Waals surface area contributed by atoms with Gasteiger partial charge in [0.2, 0.25) is 0 Å². The standard InChI is InChI=1S/C22H25NO5/c1-12-13(2)21-19(14(3)20(12)27-15(4)24)18(25)10-22(5,28-21)11-26-17-8-6-16(23)7-9-17/h6-9H,10-11,23H2,1-5H3. The van der Waals surface area contributed by atoms with E-state index in [0.29, 0.717) is 34.1 Å². The third-order valence-electron chi connectivity index (χ3n) is 5.02. The molecular weight excluding hydrogens is 358 g/mol. The molecule has 0 saturated heterocycles. The number of anilines is 1. The number of Topliss-reactive ketones (excluding diaryl/α,β-unsaturated/α-hetero) is 1. The molecule has 1 aliphatic rings. The lowest BCUT2D eigenvalue weighted by molar-refractivity contribution is -0.132. The van der Waals surface area contributed by atoms with Crippen LogP contribution >= 0.6 is 0 Å². The summed E-state index contributed by atoms with van der Waals surface area (Å²) >= 11 is 0. The first kappa shape index (κ1) is 19.7. The van der Waals surface area contributed by atoms with Crippen molar-refractivity contribution >= 4 is 17.4 Å². The Morgan fingerprint density at radius 1 is 1.14 bits per heavy atom. The van der Waals surface area contributed by atoms with Crippen molar-refractivity contribution in [3.8, 4) is 17.2 Å². The van der Waals surface area contributed by atoms with Crippen LogP contribution in [-0.4, -0.2) is 24.0 Å². The second-order valence-corrected chi connectivity index (χ2v) is 7.51. The molecule has 0 radical (unpaired) electrons. The Balaban J connectivity index is 1.92. The van der Waals surface area contributed by atoms with Crippen LogP contribution in [0, 0.1) is 20.8 Å². The molecule has 148 valence electrons. The summed E-state index contributed by atoms with van der Waals surface area (Å²) in [5.74, 6) is 1.15. The zero-order valence-electron chi connectivity index (χ0n) is 16.8. The normalized spacial score (nSPS) is 18.2. The van der Waals surface area contributed by atoms with Gasteiger partial charge in [0.1, 0.15) is 29.5 Å². The first-order chi connectivity index (χ1) is 13.1. The minimum atomic E-state index is -0.807. The van der Waals surface area contributed by atoms with Crippen LogP contribution in [0.3, 0.4) is 0 Å². The number of ether oxygens (including phenoxy) is 3. The van der Waals surface area contributed by atoms with Crippen molar-refractivity contribution in [2.45, 2.75) is 46.6 Å². The fourth-order valence-electron chi connectivity index (χ4n) is 3.44. The minimum Gasteiger partial charge on any atom is -0.489 e. The van der Waals surface area contributed by atoms with E-state index in [2.05, 4.69) is 0 Å². The first-order valence-electron chi connectivity index (χ1n) is 9.14. The van der Waals surface area contributed by atoms with Crippen LogP contribution in [0.1, 0.15) is 47.3 Å². The first-order valence-corrected chi connectivity index (χ1v) is 9.14. The molecule has 2 N–H and O–H groups in total. The van der Waals surface area contributed by atoms with Crippen LogP contribution in [-0.2, 0) is 4.79 Å². The summed E-state index contributed by atoms with van der Waals surface area (Å²) < 4.78 is 17.5. The summed E-state index contributed by atoms with van der Waals surface area (Å²) in [6, 6.07) is 7.07. The van der Waals surface area contributed by atoms with Gasteiger partial charge in [0.25, 0.3) is 0 Å². The lowest BCUT2D eigenvalue weighted by Crippen LogP contribution is -2.45. The van der Waals surface area contributed by atoms with Gasteiger partial charge in [-0.3, -0.25) is 9.59 Å². The molecular formula is C22H25NO5. The molecule has 6 heteroatoms. The maximum atomic E-state index is 13.0. The summed E-state index contributed by atoms with van der Waals surface area (Å²) in [5, 5.41) is 0. The Bertz CT molecular complexity index is 949. The highest BCUT2D eigenvalue weighted by molar-refractivity contribution is 6.03. The van der Waals surface area contributed by atoms with E-state index < -0.39 is 11.6 Å². The zero-order valence-corrected chi connectivity index (χ0v) is 16.8. The topological polar surface area (TPSA) is 87.9 Å². The molecule has 3 rings (SSSR count). The summed E-state index contributed by atoms with van der Waals surface area (Å²) in [6.45, 7) is 8.91. The number of nitrogen functional groups attached to an aromatic ring is 1. The average Bonchev–Trinajstić information content (AvgIpc) is 2.62. The number of carbonyl (C=O) groups excluding carboxylic acids is 2. The number of rotatable bonds is 4. The summed E-state index contributed by atoms with van der Waals surface area (Å²) in [4.78, 5) is 24.4. The number of benzene rings is 2. The van der Waals surface area contributed by atoms with E-state index in [9.17, 15) is 9.59 Å². The number of nitrogens with two attached hydrogens (primary N) is 1. The molecule has 1 heterocycles. The van der Waals surface area contributed by atoms with Crippen LogP contribution in [0.5, 0.6) is 17.2 Å². The van der Waals surface area contributed by atoms with Crippen molar-refractivity contribution in [1.82, 2.24) is 0 Å². The summed E-state index contributed by atoms with van der Waals surface area (Å²) in [5.41, 5.74) is 8.20. The van der Waals surface area contributed by atoms with Gasteiger partial charge in [-0.25, -0.2) is 0 Å². The van der Waals surface area contributed by atoms with Crippen molar-refractivity contribution in [2.24, 2.45) is 0 Å². The van der Waals surface area contributed by atoms with E-state index in [1.807, 2.05) is 20.8 Å². The third-order valence-corrected chi connectivity index (χ3v) is 5.02. The van der Waals surface area contributed by atoms with E-state index >= 15 is 0 Å². The Morgan fingerprint density at radius 3 is 2.39 bits per heavy atom. The lowest BCUT2D eigenvalue weighted by Gasteiger charge is -2.36. The SMILES string of the molecule is CC(=O)Oc1c(C)c(C)c2c(c1C)C(=O)CC(C)(COc1ccc(N)cc1)O2. The highest BCUT2D eigenvalue weighted by Crippen LogP contribution is 2.43. The maximum absolute atomic E-state index is 13.0. The second kappa shape index (κ2) is 7.19. The van der Waals surface area contributed by atoms with Gasteiger partial charge in [0.05, 0.1) is 12.0 Å². The molecule has 0 spiro atoms. The molecule has 0 amide bonds. The van der Waals surface area contributed by atoms with Crippen molar-refractivity contribution in [1.29, 1.82) is 0 Å². The molecule has 0 aromatic heterocycles. The molecule has 2 aromatic rings. The van der Waals surface area contributed by atoms with Crippen LogP contribution in [0.25, 0.3) is 0 Å².